The summed E-state index contributed by atoms with van der Waals surface area (Å²) in [4.78, 5) is 23.2. The Bertz CT molecular complexity index is 915. The molecule has 6 nitrogen and oxygen atoms in total. The fraction of sp³-hybridized carbons (Fsp3) is 0.611. The van der Waals surface area contributed by atoms with Gasteiger partial charge in [0, 0.05) is 0 Å². The third-order valence-electron chi connectivity index (χ3n) is 7.76. The van der Waals surface area contributed by atoms with Gasteiger partial charge in [0.2, 0.25) is 0 Å². The van der Waals surface area contributed by atoms with Crippen molar-refractivity contribution in [1.82, 2.24) is 0 Å². The molecule has 0 aliphatic heterocycles. The molecule has 2 aromatic carbocycles. The number of ether oxygens (including phenoxy) is 2. The molecule has 8 heteroatoms. The molecule has 0 N–H and O–H groups in total. The van der Waals surface area contributed by atoms with Crippen molar-refractivity contribution in [3.05, 3.63) is 48.5 Å². The van der Waals surface area contributed by atoms with Gasteiger partial charge in [-0.1, -0.05) is 128 Å². The van der Waals surface area contributed by atoms with E-state index in [2.05, 4.69) is 13.8 Å². The standard InChI is InChI=1S/C36H54O6.2Na/c1-3-5-7-9-11-13-15-17-19-33(35(37)38)41-31-25-21-29(22-26-31)30-23-27-32(28-24-30)42-34(36(39)40)20-18-16-14-12-10-8-6-4-2;;/h21-28,33-34H,3-20H2,1-2H3,(H,37,38)(H,39,40);;/q;2*+1/p-2. The number of unbranched alkanes of at least 4 members (excludes halogenated alkanes) is 14. The van der Waals surface area contributed by atoms with Gasteiger partial charge in [-0.25, -0.2) is 0 Å². The molecule has 0 saturated carbocycles. The van der Waals surface area contributed by atoms with Gasteiger partial charge in [0.25, 0.3) is 0 Å². The van der Waals surface area contributed by atoms with Gasteiger partial charge in [0.05, 0.1) is 11.9 Å². The molecule has 0 amide bonds. The van der Waals surface area contributed by atoms with E-state index in [-0.39, 0.29) is 59.1 Å². The Balaban J connectivity index is 0.00000924. The predicted molar refractivity (Wildman–Crippen MR) is 165 cm³/mol. The van der Waals surface area contributed by atoms with Crippen molar-refractivity contribution in [2.45, 2.75) is 142 Å². The minimum Gasteiger partial charge on any atom is -0.546 e. The third-order valence-corrected chi connectivity index (χ3v) is 7.76. The summed E-state index contributed by atoms with van der Waals surface area (Å²) in [6.07, 6.45) is 17.3. The van der Waals surface area contributed by atoms with Crippen molar-refractivity contribution in [1.29, 1.82) is 0 Å². The smallest absolute Gasteiger partial charge is 0.546 e. The first-order valence-electron chi connectivity index (χ1n) is 16.4. The first-order chi connectivity index (χ1) is 20.4. The number of hydrogen-bond acceptors (Lipinski definition) is 6. The maximum absolute atomic E-state index is 11.6. The maximum Gasteiger partial charge on any atom is 1.00 e. The molecular formula is C36H52Na2O6. The van der Waals surface area contributed by atoms with Crippen LogP contribution < -0.4 is 78.8 Å². The summed E-state index contributed by atoms with van der Waals surface area (Å²) in [5.41, 5.74) is 1.86. The Hall–Kier alpha value is -1.02. The summed E-state index contributed by atoms with van der Waals surface area (Å²) in [7, 11) is 0. The first-order valence-corrected chi connectivity index (χ1v) is 16.4. The van der Waals surface area contributed by atoms with Crippen molar-refractivity contribution in [2.24, 2.45) is 0 Å². The monoisotopic (exact) mass is 626 g/mol. The fourth-order valence-electron chi connectivity index (χ4n) is 5.16. The maximum atomic E-state index is 11.6. The Kier molecular flexibility index (Phi) is 26.5. The van der Waals surface area contributed by atoms with Crippen molar-refractivity contribution >= 4 is 11.9 Å². The Morgan fingerprint density at radius 1 is 0.500 bits per heavy atom. The minimum absolute atomic E-state index is 0. The molecule has 0 bridgehead atoms. The fourth-order valence-corrected chi connectivity index (χ4v) is 5.16. The van der Waals surface area contributed by atoms with Crippen LogP contribution in [0.2, 0.25) is 0 Å². The second-order valence-electron chi connectivity index (χ2n) is 11.4. The van der Waals surface area contributed by atoms with Gasteiger partial charge >= 0.3 is 59.1 Å². The van der Waals surface area contributed by atoms with Crippen LogP contribution >= 0.6 is 0 Å². The average molecular weight is 627 g/mol. The SMILES string of the molecule is CCCCCCCCCCC(Oc1ccc(-c2ccc(OC(CCCCCCCCCC)C(=O)[O-])cc2)cc1)C(=O)[O-].[Na+].[Na+]. The van der Waals surface area contributed by atoms with E-state index in [1.54, 1.807) is 24.3 Å². The normalized spacial score (nSPS) is 12.0. The van der Waals surface area contributed by atoms with E-state index in [1.807, 2.05) is 24.3 Å². The molecular weight excluding hydrogens is 574 g/mol. The number of carboxylic acids is 2. The minimum atomic E-state index is -1.19. The number of carbonyl (C=O) groups excluding carboxylic acids is 2. The number of carboxylic acid groups (broad SMARTS) is 2. The van der Waals surface area contributed by atoms with Gasteiger partial charge in [0.1, 0.15) is 23.7 Å². The largest absolute Gasteiger partial charge is 1.00 e. The van der Waals surface area contributed by atoms with Crippen LogP contribution in [0.1, 0.15) is 129 Å². The topological polar surface area (TPSA) is 98.7 Å². The van der Waals surface area contributed by atoms with E-state index < -0.39 is 24.1 Å². The van der Waals surface area contributed by atoms with Gasteiger partial charge in [0.15, 0.2) is 0 Å². The molecule has 2 unspecified atom stereocenters. The summed E-state index contributed by atoms with van der Waals surface area (Å²) in [6.45, 7) is 4.41. The average Bonchev–Trinajstić information content (AvgIpc) is 2.99. The van der Waals surface area contributed by atoms with Crippen molar-refractivity contribution in [3.63, 3.8) is 0 Å². The Labute approximate surface area is 310 Å². The quantitative estimate of drug-likeness (QED) is 0.122. The number of aliphatic carboxylic acids is 2. The van der Waals surface area contributed by atoms with E-state index in [9.17, 15) is 19.8 Å². The second-order valence-corrected chi connectivity index (χ2v) is 11.4. The summed E-state index contributed by atoms with van der Waals surface area (Å²) in [6, 6.07) is 14.6. The van der Waals surface area contributed by atoms with Crippen LogP contribution in [0.3, 0.4) is 0 Å². The zero-order valence-electron chi connectivity index (χ0n) is 28.0. The van der Waals surface area contributed by atoms with Gasteiger partial charge in [-0.15, -0.1) is 0 Å². The molecule has 234 valence electrons. The summed E-state index contributed by atoms with van der Waals surface area (Å²) < 4.78 is 11.5. The van der Waals surface area contributed by atoms with Gasteiger partial charge in [-0.05, 0) is 61.1 Å². The van der Waals surface area contributed by atoms with Crippen LogP contribution in [0.4, 0.5) is 0 Å². The molecule has 0 radical (unpaired) electrons. The predicted octanol–water partition coefficient (Wildman–Crippen LogP) is 1.42. The van der Waals surface area contributed by atoms with Crippen LogP contribution in [0.25, 0.3) is 11.1 Å². The Morgan fingerprint density at radius 3 is 1.05 bits per heavy atom. The molecule has 2 aromatic rings. The molecule has 0 spiro atoms. The molecule has 0 aliphatic rings. The molecule has 44 heavy (non-hydrogen) atoms. The van der Waals surface area contributed by atoms with Crippen LogP contribution in [-0.2, 0) is 9.59 Å². The molecule has 0 aromatic heterocycles. The number of hydrogen-bond donors (Lipinski definition) is 0. The zero-order chi connectivity index (χ0) is 30.4. The van der Waals surface area contributed by atoms with Crippen LogP contribution in [0, 0.1) is 0 Å². The van der Waals surface area contributed by atoms with E-state index in [0.717, 1.165) is 49.7 Å². The van der Waals surface area contributed by atoms with Crippen LogP contribution in [-0.4, -0.2) is 24.1 Å². The van der Waals surface area contributed by atoms with E-state index in [0.29, 0.717) is 24.3 Å². The van der Waals surface area contributed by atoms with Gasteiger partial charge < -0.3 is 29.3 Å². The second kappa shape index (κ2) is 27.1. The molecule has 0 heterocycles. The van der Waals surface area contributed by atoms with Crippen molar-refractivity contribution in [3.8, 4) is 22.6 Å². The number of rotatable bonds is 25. The first kappa shape index (κ1) is 43.0. The molecule has 0 aliphatic carbocycles. The summed E-state index contributed by atoms with van der Waals surface area (Å²) in [5, 5.41) is 23.2. The summed E-state index contributed by atoms with van der Waals surface area (Å²) in [5.74, 6) is -1.39. The van der Waals surface area contributed by atoms with Crippen LogP contribution in [0.5, 0.6) is 11.5 Å². The van der Waals surface area contributed by atoms with E-state index in [4.69, 9.17) is 9.47 Å². The number of benzene rings is 2. The molecule has 0 fully saturated rings. The van der Waals surface area contributed by atoms with Gasteiger partial charge in [-0.2, -0.15) is 0 Å². The Morgan fingerprint density at radius 2 is 0.773 bits per heavy atom. The van der Waals surface area contributed by atoms with Crippen LogP contribution in [0.15, 0.2) is 48.5 Å². The van der Waals surface area contributed by atoms with E-state index in [1.165, 1.54) is 64.2 Å². The molecule has 2 atom stereocenters. The molecule has 2 rings (SSSR count). The summed E-state index contributed by atoms with van der Waals surface area (Å²) >= 11 is 0. The zero-order valence-corrected chi connectivity index (χ0v) is 32.0. The van der Waals surface area contributed by atoms with E-state index >= 15 is 0 Å². The van der Waals surface area contributed by atoms with Gasteiger partial charge in [-0.3, -0.25) is 0 Å². The number of carbonyl (C=O) groups is 2. The van der Waals surface area contributed by atoms with Crippen molar-refractivity contribution in [2.75, 3.05) is 0 Å². The van der Waals surface area contributed by atoms with Crippen molar-refractivity contribution < 1.29 is 88.4 Å². The third kappa shape index (κ3) is 18.8. The molecule has 0 saturated heterocycles.